The van der Waals surface area contributed by atoms with Gasteiger partial charge in [0, 0.05) is 11.8 Å². The fourth-order valence-electron chi connectivity index (χ4n) is 2.77. The van der Waals surface area contributed by atoms with Crippen molar-refractivity contribution in [1.29, 1.82) is 0 Å². The van der Waals surface area contributed by atoms with Gasteiger partial charge in [-0.05, 0) is 44.0 Å². The molecule has 0 aliphatic rings. The van der Waals surface area contributed by atoms with Crippen LogP contribution in [0.2, 0.25) is 0 Å². The van der Waals surface area contributed by atoms with Gasteiger partial charge in [0.2, 0.25) is 0 Å². The predicted octanol–water partition coefficient (Wildman–Crippen LogP) is 4.40. The lowest BCUT2D eigenvalue weighted by molar-refractivity contribution is -0.385. The summed E-state index contributed by atoms with van der Waals surface area (Å²) in [7, 11) is 0. The number of aromatic nitrogens is 2. The quantitative estimate of drug-likeness (QED) is 0.527. The molecule has 0 saturated heterocycles. The average Bonchev–Trinajstić information content (AvgIpc) is 2.63. The van der Waals surface area contributed by atoms with Crippen molar-refractivity contribution in [3.63, 3.8) is 0 Å². The first-order valence-electron chi connectivity index (χ1n) is 8.37. The van der Waals surface area contributed by atoms with Crippen molar-refractivity contribution in [2.75, 3.05) is 5.32 Å². The molecule has 1 atom stereocenters. The highest BCUT2D eigenvalue weighted by Crippen LogP contribution is 2.24. The topological polar surface area (TPSA) is 81.0 Å². The van der Waals surface area contributed by atoms with E-state index in [1.807, 2.05) is 18.2 Å². The molecule has 1 unspecified atom stereocenters. The van der Waals surface area contributed by atoms with Gasteiger partial charge in [0.05, 0.1) is 16.7 Å². The highest BCUT2D eigenvalue weighted by atomic mass is 16.6. The van der Waals surface area contributed by atoms with Gasteiger partial charge < -0.3 is 5.32 Å². The van der Waals surface area contributed by atoms with Crippen LogP contribution in [-0.2, 0) is 6.42 Å². The second kappa shape index (κ2) is 7.74. The second-order valence-electron chi connectivity index (χ2n) is 6.25. The summed E-state index contributed by atoms with van der Waals surface area (Å²) in [6.45, 7) is 3.77. The van der Waals surface area contributed by atoms with Gasteiger partial charge in [0.25, 0.3) is 5.69 Å². The lowest BCUT2D eigenvalue weighted by Crippen LogP contribution is -2.16. The Morgan fingerprint density at radius 1 is 1.12 bits per heavy atom. The molecule has 0 aliphatic carbocycles. The molecule has 6 nitrogen and oxygen atoms in total. The van der Waals surface area contributed by atoms with Crippen LogP contribution in [0.3, 0.4) is 0 Å². The fourth-order valence-corrected chi connectivity index (χ4v) is 2.77. The van der Waals surface area contributed by atoms with Crippen molar-refractivity contribution in [1.82, 2.24) is 9.97 Å². The monoisotopic (exact) mass is 348 g/mol. The highest BCUT2D eigenvalue weighted by molar-refractivity contribution is 5.48. The van der Waals surface area contributed by atoms with Gasteiger partial charge in [-0.15, -0.1) is 0 Å². The number of aryl methyl sites for hydroxylation is 2. The van der Waals surface area contributed by atoms with E-state index in [0.29, 0.717) is 11.4 Å². The lowest BCUT2D eigenvalue weighted by Gasteiger charge is -2.19. The van der Waals surface area contributed by atoms with Crippen LogP contribution < -0.4 is 5.32 Å². The molecule has 0 bridgehead atoms. The standard InChI is InChI=1S/C20H20N4O2/c1-14-6-8-16(9-7-14)12-18(17-5-3-4-10-21-17)23-20-11-15(2)19(13-22-20)24(25)26/h3-11,13,18H,12H2,1-2H3,(H,22,23). The van der Waals surface area contributed by atoms with Crippen molar-refractivity contribution in [3.8, 4) is 0 Å². The summed E-state index contributed by atoms with van der Waals surface area (Å²) in [5, 5.41) is 14.3. The summed E-state index contributed by atoms with van der Waals surface area (Å²) in [4.78, 5) is 19.2. The summed E-state index contributed by atoms with van der Waals surface area (Å²) < 4.78 is 0. The minimum atomic E-state index is -0.422. The number of nitrogens with zero attached hydrogens (tertiary/aromatic N) is 3. The molecule has 0 aliphatic heterocycles. The van der Waals surface area contributed by atoms with Crippen LogP contribution in [0, 0.1) is 24.0 Å². The Hall–Kier alpha value is -3.28. The van der Waals surface area contributed by atoms with Crippen molar-refractivity contribution < 1.29 is 4.92 Å². The second-order valence-corrected chi connectivity index (χ2v) is 6.25. The molecule has 26 heavy (non-hydrogen) atoms. The zero-order valence-electron chi connectivity index (χ0n) is 14.7. The summed E-state index contributed by atoms with van der Waals surface area (Å²) in [6, 6.07) is 15.8. The molecule has 3 rings (SSSR count). The SMILES string of the molecule is Cc1ccc(CC(Nc2cc(C)c([N+](=O)[O-])cn2)c2ccccn2)cc1. The maximum absolute atomic E-state index is 11.0. The largest absolute Gasteiger partial charge is 0.361 e. The minimum Gasteiger partial charge on any atom is -0.361 e. The molecular weight excluding hydrogens is 328 g/mol. The van der Waals surface area contributed by atoms with Gasteiger partial charge >= 0.3 is 0 Å². The van der Waals surface area contributed by atoms with Gasteiger partial charge in [-0.1, -0.05) is 35.9 Å². The average molecular weight is 348 g/mol. The number of nitro groups is 1. The third-order valence-corrected chi connectivity index (χ3v) is 4.21. The van der Waals surface area contributed by atoms with Crippen molar-refractivity contribution in [3.05, 3.63) is 93.4 Å². The van der Waals surface area contributed by atoms with E-state index in [1.54, 1.807) is 19.2 Å². The predicted molar refractivity (Wildman–Crippen MR) is 101 cm³/mol. The molecule has 0 radical (unpaired) electrons. The first-order chi connectivity index (χ1) is 12.5. The molecule has 2 heterocycles. The zero-order chi connectivity index (χ0) is 18.5. The van der Waals surface area contributed by atoms with Crippen LogP contribution in [-0.4, -0.2) is 14.9 Å². The fraction of sp³-hybridized carbons (Fsp3) is 0.200. The molecule has 2 aromatic heterocycles. The molecule has 6 heteroatoms. The van der Waals surface area contributed by atoms with E-state index in [2.05, 4.69) is 46.5 Å². The van der Waals surface area contributed by atoms with Crippen molar-refractivity contribution in [2.24, 2.45) is 0 Å². The maximum Gasteiger partial charge on any atom is 0.290 e. The van der Waals surface area contributed by atoms with E-state index in [4.69, 9.17) is 0 Å². The van der Waals surface area contributed by atoms with Crippen LogP contribution in [0.15, 0.2) is 60.9 Å². The first-order valence-corrected chi connectivity index (χ1v) is 8.37. The Labute approximate surface area is 152 Å². The lowest BCUT2D eigenvalue weighted by atomic mass is 10.0. The molecule has 0 amide bonds. The van der Waals surface area contributed by atoms with E-state index in [1.165, 1.54) is 17.3 Å². The van der Waals surface area contributed by atoms with E-state index in [9.17, 15) is 10.1 Å². The zero-order valence-corrected chi connectivity index (χ0v) is 14.7. The number of rotatable bonds is 6. The molecule has 0 spiro atoms. The molecule has 132 valence electrons. The summed E-state index contributed by atoms with van der Waals surface area (Å²) in [5.41, 5.74) is 3.87. The van der Waals surface area contributed by atoms with Crippen LogP contribution in [0.4, 0.5) is 11.5 Å². The Morgan fingerprint density at radius 3 is 2.50 bits per heavy atom. The Balaban J connectivity index is 1.87. The molecule has 0 saturated carbocycles. The number of nitrogens with one attached hydrogen (secondary N) is 1. The molecule has 1 N–H and O–H groups in total. The number of anilines is 1. The number of pyridine rings is 2. The van der Waals surface area contributed by atoms with Crippen LogP contribution >= 0.6 is 0 Å². The van der Waals surface area contributed by atoms with Crippen molar-refractivity contribution >= 4 is 11.5 Å². The van der Waals surface area contributed by atoms with E-state index < -0.39 is 4.92 Å². The molecule has 0 fully saturated rings. The van der Waals surface area contributed by atoms with Crippen molar-refractivity contribution in [2.45, 2.75) is 26.3 Å². The van der Waals surface area contributed by atoms with E-state index in [-0.39, 0.29) is 11.7 Å². The first kappa shape index (κ1) is 17.5. The Bertz CT molecular complexity index is 895. The molecule has 3 aromatic rings. The van der Waals surface area contributed by atoms with Crippen LogP contribution in [0.25, 0.3) is 0 Å². The number of hydrogen-bond acceptors (Lipinski definition) is 5. The number of hydrogen-bond donors (Lipinski definition) is 1. The summed E-state index contributed by atoms with van der Waals surface area (Å²) >= 11 is 0. The van der Waals surface area contributed by atoms with Crippen LogP contribution in [0.5, 0.6) is 0 Å². The van der Waals surface area contributed by atoms with Gasteiger partial charge in [0.1, 0.15) is 12.0 Å². The van der Waals surface area contributed by atoms with Gasteiger partial charge in [0.15, 0.2) is 0 Å². The third-order valence-electron chi connectivity index (χ3n) is 4.21. The molecular formula is C20H20N4O2. The van der Waals surface area contributed by atoms with Gasteiger partial charge in [-0.2, -0.15) is 0 Å². The summed E-state index contributed by atoms with van der Waals surface area (Å²) in [6.07, 6.45) is 3.78. The van der Waals surface area contributed by atoms with E-state index >= 15 is 0 Å². The Morgan fingerprint density at radius 2 is 1.88 bits per heavy atom. The maximum atomic E-state index is 11.0. The van der Waals surface area contributed by atoms with Gasteiger partial charge in [-0.3, -0.25) is 15.1 Å². The number of benzene rings is 1. The smallest absolute Gasteiger partial charge is 0.290 e. The van der Waals surface area contributed by atoms with E-state index in [0.717, 1.165) is 12.1 Å². The summed E-state index contributed by atoms with van der Waals surface area (Å²) in [5.74, 6) is 0.593. The third kappa shape index (κ3) is 4.22. The normalized spacial score (nSPS) is 11.8. The van der Waals surface area contributed by atoms with Crippen LogP contribution in [0.1, 0.15) is 28.4 Å². The minimum absolute atomic E-state index is 0.0171. The molecule has 1 aromatic carbocycles. The highest BCUT2D eigenvalue weighted by Gasteiger charge is 2.17. The Kier molecular flexibility index (Phi) is 5.22. The van der Waals surface area contributed by atoms with Gasteiger partial charge in [-0.25, -0.2) is 4.98 Å².